The average molecular weight is 283 g/mol. The number of hydrogen-bond donors (Lipinski definition) is 1. The summed E-state index contributed by atoms with van der Waals surface area (Å²) in [5.41, 5.74) is -0.743. The van der Waals surface area contributed by atoms with Gasteiger partial charge in [-0.15, -0.1) is 0 Å². The fraction of sp³-hybridized carbons (Fsp3) is 0.867. The van der Waals surface area contributed by atoms with E-state index < -0.39 is 11.6 Å². The van der Waals surface area contributed by atoms with E-state index in [1.54, 1.807) is 4.90 Å². The Labute approximate surface area is 120 Å². The lowest BCUT2D eigenvalue weighted by Gasteiger charge is -2.38. The summed E-state index contributed by atoms with van der Waals surface area (Å²) in [5.74, 6) is -1.03. The fourth-order valence-electron chi connectivity index (χ4n) is 3.56. The highest BCUT2D eigenvalue weighted by Gasteiger charge is 2.50. The Bertz CT molecular complexity index is 401. The van der Waals surface area contributed by atoms with E-state index in [9.17, 15) is 14.7 Å². The zero-order chi connectivity index (χ0) is 15.0. The normalized spacial score (nSPS) is 30.6. The molecular weight excluding hydrogens is 258 g/mol. The van der Waals surface area contributed by atoms with E-state index in [0.29, 0.717) is 13.1 Å². The molecule has 1 aliphatic heterocycles. The third kappa shape index (κ3) is 3.07. The molecule has 1 saturated heterocycles. The summed E-state index contributed by atoms with van der Waals surface area (Å²) in [7, 11) is 0. The van der Waals surface area contributed by atoms with E-state index in [2.05, 4.69) is 0 Å². The second-order valence-electron chi connectivity index (χ2n) is 7.15. The van der Waals surface area contributed by atoms with Crippen LogP contribution in [0.25, 0.3) is 0 Å². The number of carbonyl (C=O) groups is 2. The van der Waals surface area contributed by atoms with Crippen LogP contribution in [0.2, 0.25) is 0 Å². The summed E-state index contributed by atoms with van der Waals surface area (Å²) >= 11 is 0. The first-order valence-corrected chi connectivity index (χ1v) is 7.44. The van der Waals surface area contributed by atoms with Crippen molar-refractivity contribution in [1.29, 1.82) is 0 Å². The number of aliphatic carboxylic acids is 1. The topological polar surface area (TPSA) is 66.8 Å². The van der Waals surface area contributed by atoms with Gasteiger partial charge in [0.2, 0.25) is 0 Å². The molecule has 1 N–H and O–H groups in total. The summed E-state index contributed by atoms with van der Waals surface area (Å²) < 4.78 is 5.39. The number of carboxylic acid groups (broad SMARTS) is 1. The number of ether oxygens (including phenoxy) is 1. The molecule has 1 aliphatic carbocycles. The summed E-state index contributed by atoms with van der Waals surface area (Å²) in [6.45, 7) is 6.67. The lowest BCUT2D eigenvalue weighted by atomic mass is 9.65. The molecule has 0 bridgehead atoms. The van der Waals surface area contributed by atoms with Gasteiger partial charge in [-0.3, -0.25) is 4.79 Å². The maximum Gasteiger partial charge on any atom is 0.410 e. The van der Waals surface area contributed by atoms with Gasteiger partial charge in [-0.1, -0.05) is 12.8 Å². The van der Waals surface area contributed by atoms with Crippen molar-refractivity contribution in [3.05, 3.63) is 0 Å². The van der Waals surface area contributed by atoms with Gasteiger partial charge in [0.05, 0.1) is 5.92 Å². The van der Waals surface area contributed by atoms with Crippen LogP contribution >= 0.6 is 0 Å². The van der Waals surface area contributed by atoms with Gasteiger partial charge >= 0.3 is 12.1 Å². The van der Waals surface area contributed by atoms with E-state index in [-0.39, 0.29) is 17.4 Å². The summed E-state index contributed by atoms with van der Waals surface area (Å²) in [5, 5.41) is 9.44. The molecule has 2 aliphatic rings. The molecule has 114 valence electrons. The molecular formula is C15H25NO4. The predicted molar refractivity (Wildman–Crippen MR) is 74.5 cm³/mol. The van der Waals surface area contributed by atoms with E-state index in [1.807, 2.05) is 20.8 Å². The summed E-state index contributed by atoms with van der Waals surface area (Å²) in [6.07, 6.45) is 4.14. The van der Waals surface area contributed by atoms with E-state index >= 15 is 0 Å². The third-order valence-corrected chi connectivity index (χ3v) is 4.49. The molecule has 0 aromatic rings. The highest BCUT2D eigenvalue weighted by atomic mass is 16.6. The summed E-state index contributed by atoms with van der Waals surface area (Å²) in [4.78, 5) is 25.3. The molecule has 0 aromatic heterocycles. The lowest BCUT2D eigenvalue weighted by Crippen LogP contribution is -2.43. The largest absolute Gasteiger partial charge is 0.481 e. The molecule has 2 atom stereocenters. The first-order chi connectivity index (χ1) is 9.23. The van der Waals surface area contributed by atoms with Crippen molar-refractivity contribution in [2.75, 3.05) is 13.1 Å². The maximum atomic E-state index is 12.1. The molecule has 0 radical (unpaired) electrons. The van der Waals surface area contributed by atoms with Crippen molar-refractivity contribution in [2.24, 2.45) is 11.3 Å². The Morgan fingerprint density at radius 1 is 1.25 bits per heavy atom. The molecule has 0 aromatic carbocycles. The van der Waals surface area contributed by atoms with Crippen LogP contribution in [0.3, 0.4) is 0 Å². The van der Waals surface area contributed by atoms with E-state index in [0.717, 1.165) is 32.1 Å². The molecule has 1 amide bonds. The van der Waals surface area contributed by atoms with Crippen molar-refractivity contribution in [3.63, 3.8) is 0 Å². The van der Waals surface area contributed by atoms with Gasteiger partial charge in [0, 0.05) is 18.5 Å². The minimum atomic E-state index is -0.712. The second-order valence-corrected chi connectivity index (χ2v) is 7.15. The van der Waals surface area contributed by atoms with Crippen molar-refractivity contribution < 1.29 is 19.4 Å². The molecule has 2 unspecified atom stereocenters. The molecule has 20 heavy (non-hydrogen) atoms. The number of nitrogens with zero attached hydrogens (tertiary/aromatic N) is 1. The smallest absolute Gasteiger partial charge is 0.410 e. The van der Waals surface area contributed by atoms with Crippen LogP contribution in [-0.4, -0.2) is 40.8 Å². The third-order valence-electron chi connectivity index (χ3n) is 4.49. The van der Waals surface area contributed by atoms with Crippen molar-refractivity contribution in [3.8, 4) is 0 Å². The zero-order valence-corrected chi connectivity index (χ0v) is 12.6. The molecule has 2 fully saturated rings. The van der Waals surface area contributed by atoms with Gasteiger partial charge in [0.15, 0.2) is 0 Å². The Hall–Kier alpha value is -1.26. The summed E-state index contributed by atoms with van der Waals surface area (Å²) in [6, 6.07) is 0. The van der Waals surface area contributed by atoms with Crippen LogP contribution in [0.1, 0.15) is 52.9 Å². The Balaban J connectivity index is 2.06. The molecule has 2 rings (SSSR count). The number of carbonyl (C=O) groups excluding carboxylic acids is 1. The van der Waals surface area contributed by atoms with Gasteiger partial charge in [-0.2, -0.15) is 0 Å². The molecule has 1 spiro atoms. The van der Waals surface area contributed by atoms with Crippen LogP contribution in [-0.2, 0) is 9.53 Å². The molecule has 5 nitrogen and oxygen atoms in total. The zero-order valence-electron chi connectivity index (χ0n) is 12.6. The first-order valence-electron chi connectivity index (χ1n) is 7.44. The van der Waals surface area contributed by atoms with Crippen LogP contribution in [0.15, 0.2) is 0 Å². The van der Waals surface area contributed by atoms with Gasteiger partial charge < -0.3 is 14.7 Å². The Morgan fingerprint density at radius 3 is 2.55 bits per heavy atom. The van der Waals surface area contributed by atoms with Gasteiger partial charge in [0.1, 0.15) is 5.60 Å². The minimum absolute atomic E-state index is 0.235. The number of likely N-dealkylation sites (tertiary alicyclic amines) is 1. The Kier molecular flexibility index (Phi) is 3.98. The monoisotopic (exact) mass is 283 g/mol. The van der Waals surface area contributed by atoms with Gasteiger partial charge in [-0.25, -0.2) is 4.79 Å². The number of rotatable bonds is 1. The number of hydrogen-bond acceptors (Lipinski definition) is 3. The molecule has 1 heterocycles. The fourth-order valence-corrected chi connectivity index (χ4v) is 3.56. The van der Waals surface area contributed by atoms with Gasteiger partial charge in [0.25, 0.3) is 0 Å². The predicted octanol–water partition coefficient (Wildman–Crippen LogP) is 2.89. The second kappa shape index (κ2) is 5.26. The SMILES string of the molecule is CC(C)(C)OC(=O)N1CCC2(CCCCC2C(=O)O)C1. The molecule has 1 saturated carbocycles. The van der Waals surface area contributed by atoms with Crippen molar-refractivity contribution >= 4 is 12.1 Å². The Morgan fingerprint density at radius 2 is 1.95 bits per heavy atom. The molecule has 5 heteroatoms. The maximum absolute atomic E-state index is 12.1. The van der Waals surface area contributed by atoms with E-state index in [1.165, 1.54) is 0 Å². The van der Waals surface area contributed by atoms with Crippen molar-refractivity contribution in [2.45, 2.75) is 58.5 Å². The lowest BCUT2D eigenvalue weighted by molar-refractivity contribution is -0.148. The van der Waals surface area contributed by atoms with Crippen LogP contribution < -0.4 is 0 Å². The standard InChI is InChI=1S/C15H25NO4/c1-14(2,3)20-13(19)16-9-8-15(10-16)7-5-4-6-11(15)12(17)18/h11H,4-10H2,1-3H3,(H,17,18). The minimum Gasteiger partial charge on any atom is -0.481 e. The highest BCUT2D eigenvalue weighted by Crippen LogP contribution is 2.48. The quantitative estimate of drug-likeness (QED) is 0.803. The van der Waals surface area contributed by atoms with Crippen LogP contribution in [0.4, 0.5) is 4.79 Å². The highest BCUT2D eigenvalue weighted by molar-refractivity contribution is 5.72. The number of amides is 1. The van der Waals surface area contributed by atoms with Gasteiger partial charge in [-0.05, 0) is 40.0 Å². The number of carboxylic acids is 1. The first kappa shape index (κ1) is 15.1. The van der Waals surface area contributed by atoms with Crippen molar-refractivity contribution in [1.82, 2.24) is 4.90 Å². The van der Waals surface area contributed by atoms with Crippen LogP contribution in [0.5, 0.6) is 0 Å². The average Bonchev–Trinajstić information content (AvgIpc) is 2.72. The van der Waals surface area contributed by atoms with Crippen LogP contribution in [0, 0.1) is 11.3 Å². The van der Waals surface area contributed by atoms with E-state index in [4.69, 9.17) is 4.74 Å².